The van der Waals surface area contributed by atoms with Gasteiger partial charge in [0.15, 0.2) is 5.11 Å². The van der Waals surface area contributed by atoms with Crippen molar-refractivity contribution in [3.63, 3.8) is 0 Å². The first-order chi connectivity index (χ1) is 17.5. The molecule has 0 spiro atoms. The number of thiocarbonyl (C=S) groups is 1. The van der Waals surface area contributed by atoms with Crippen LogP contribution in [0.3, 0.4) is 0 Å². The summed E-state index contributed by atoms with van der Waals surface area (Å²) in [5, 5.41) is 8.48. The third-order valence-electron chi connectivity index (χ3n) is 7.19. The smallest absolute Gasteiger partial charge is 0.170 e. The van der Waals surface area contributed by atoms with E-state index >= 15 is 0 Å². The minimum Gasteiger partial charge on any atom is -0.369 e. The second-order valence-electron chi connectivity index (χ2n) is 9.76. The van der Waals surface area contributed by atoms with Gasteiger partial charge in [-0.2, -0.15) is 0 Å². The van der Waals surface area contributed by atoms with Crippen LogP contribution in [-0.4, -0.2) is 67.4 Å². The molecule has 0 atom stereocenters. The monoisotopic (exact) mass is 506 g/mol. The Labute approximate surface area is 218 Å². The molecule has 1 aromatic heterocycles. The van der Waals surface area contributed by atoms with Crippen molar-refractivity contribution in [3.8, 4) is 0 Å². The summed E-state index contributed by atoms with van der Waals surface area (Å²) >= 11 is 5.54. The Morgan fingerprint density at radius 2 is 1.69 bits per heavy atom. The SMILES string of the molecule is Cc1cc(N2CCCC2)nc2ccc(NC(=S)NCCCN3CCN(c4ccc(F)cc4)CC3)cc12. The van der Waals surface area contributed by atoms with E-state index in [0.717, 1.165) is 86.9 Å². The summed E-state index contributed by atoms with van der Waals surface area (Å²) in [7, 11) is 0. The lowest BCUT2D eigenvalue weighted by molar-refractivity contribution is 0.255. The van der Waals surface area contributed by atoms with Crippen LogP contribution in [0.2, 0.25) is 0 Å². The molecule has 8 heteroatoms. The summed E-state index contributed by atoms with van der Waals surface area (Å²) in [6.07, 6.45) is 3.53. The van der Waals surface area contributed by atoms with E-state index in [2.05, 4.69) is 56.5 Å². The van der Waals surface area contributed by atoms with Crippen molar-refractivity contribution in [1.82, 2.24) is 15.2 Å². The largest absolute Gasteiger partial charge is 0.369 e. The van der Waals surface area contributed by atoms with Crippen molar-refractivity contribution in [3.05, 3.63) is 59.9 Å². The number of fused-ring (bicyclic) bond motifs is 1. The number of nitrogens with one attached hydrogen (secondary N) is 2. The highest BCUT2D eigenvalue weighted by Gasteiger charge is 2.17. The molecule has 190 valence electrons. The molecule has 2 aromatic carbocycles. The van der Waals surface area contributed by atoms with Gasteiger partial charge in [0.2, 0.25) is 0 Å². The number of aromatic nitrogens is 1. The number of anilines is 3. The highest BCUT2D eigenvalue weighted by atomic mass is 32.1. The summed E-state index contributed by atoms with van der Waals surface area (Å²) in [5.74, 6) is 0.906. The molecule has 0 bridgehead atoms. The molecule has 3 heterocycles. The van der Waals surface area contributed by atoms with E-state index in [1.165, 1.54) is 30.5 Å². The standard InChI is InChI=1S/C28H35FN6S/c1-21-19-27(35-13-2-3-14-35)32-26-10-7-23(20-25(21)26)31-28(36)30-11-4-12-33-15-17-34(18-16-33)24-8-5-22(29)6-9-24/h5-10,19-20H,2-4,11-18H2,1H3,(H2,30,31,36). The Balaban J connectivity index is 1.05. The highest BCUT2D eigenvalue weighted by molar-refractivity contribution is 7.80. The second-order valence-corrected chi connectivity index (χ2v) is 10.2. The fourth-order valence-corrected chi connectivity index (χ4v) is 5.34. The fourth-order valence-electron chi connectivity index (χ4n) is 5.12. The first-order valence-electron chi connectivity index (χ1n) is 13.0. The highest BCUT2D eigenvalue weighted by Crippen LogP contribution is 2.27. The number of halogens is 1. The topological polar surface area (TPSA) is 46.7 Å². The van der Waals surface area contributed by atoms with E-state index < -0.39 is 0 Å². The van der Waals surface area contributed by atoms with Gasteiger partial charge in [0.05, 0.1) is 5.52 Å². The Morgan fingerprint density at radius 1 is 0.944 bits per heavy atom. The average molecular weight is 507 g/mol. The third-order valence-corrected chi connectivity index (χ3v) is 7.44. The molecule has 0 unspecified atom stereocenters. The average Bonchev–Trinajstić information content (AvgIpc) is 3.43. The molecule has 6 nitrogen and oxygen atoms in total. The van der Waals surface area contributed by atoms with E-state index in [1.54, 1.807) is 0 Å². The molecule has 2 N–H and O–H groups in total. The maximum absolute atomic E-state index is 13.2. The predicted molar refractivity (Wildman–Crippen MR) is 152 cm³/mol. The summed E-state index contributed by atoms with van der Waals surface area (Å²) in [6.45, 7) is 10.2. The Kier molecular flexibility index (Phi) is 7.82. The van der Waals surface area contributed by atoms with Crippen molar-refractivity contribution in [2.45, 2.75) is 26.2 Å². The molecule has 2 saturated heterocycles. The van der Waals surface area contributed by atoms with Gasteiger partial charge in [-0.1, -0.05) is 0 Å². The van der Waals surface area contributed by atoms with Crippen LogP contribution in [-0.2, 0) is 0 Å². The number of rotatable bonds is 7. The molecule has 3 aromatic rings. The normalized spacial score (nSPS) is 16.5. The van der Waals surface area contributed by atoms with Crippen LogP contribution in [0, 0.1) is 12.7 Å². The zero-order valence-electron chi connectivity index (χ0n) is 21.0. The summed E-state index contributed by atoms with van der Waals surface area (Å²) < 4.78 is 13.2. The first-order valence-corrected chi connectivity index (χ1v) is 13.4. The van der Waals surface area contributed by atoms with Gasteiger partial charge in [0.25, 0.3) is 0 Å². The number of hydrogen-bond donors (Lipinski definition) is 2. The maximum atomic E-state index is 13.2. The zero-order valence-corrected chi connectivity index (χ0v) is 21.8. The van der Waals surface area contributed by atoms with Crippen LogP contribution >= 0.6 is 12.2 Å². The molecule has 0 amide bonds. The lowest BCUT2D eigenvalue weighted by Crippen LogP contribution is -2.47. The van der Waals surface area contributed by atoms with Crippen LogP contribution in [0.4, 0.5) is 21.6 Å². The number of piperazine rings is 1. The molecule has 0 radical (unpaired) electrons. The minimum atomic E-state index is -0.184. The van der Waals surface area contributed by atoms with Crippen LogP contribution in [0.5, 0.6) is 0 Å². The number of pyridine rings is 1. The predicted octanol–water partition coefficient (Wildman–Crippen LogP) is 4.78. The van der Waals surface area contributed by atoms with Gasteiger partial charge >= 0.3 is 0 Å². The van der Waals surface area contributed by atoms with Crippen molar-refractivity contribution in [2.75, 3.05) is 67.5 Å². The summed E-state index contributed by atoms with van der Waals surface area (Å²) in [4.78, 5) is 12.1. The van der Waals surface area contributed by atoms with Crippen LogP contribution in [0.25, 0.3) is 10.9 Å². The molecule has 36 heavy (non-hydrogen) atoms. The Bertz CT molecular complexity index is 1190. The number of aryl methyl sites for hydroxylation is 1. The molecular formula is C28H35FN6S. The van der Waals surface area contributed by atoms with Gasteiger partial charge in [0, 0.05) is 62.6 Å². The van der Waals surface area contributed by atoms with Crippen LogP contribution in [0.15, 0.2) is 48.5 Å². The van der Waals surface area contributed by atoms with E-state index in [-0.39, 0.29) is 5.82 Å². The van der Waals surface area contributed by atoms with Crippen LogP contribution in [0.1, 0.15) is 24.8 Å². The Hall–Kier alpha value is -2.97. The molecule has 2 aliphatic heterocycles. The number of nitrogens with zero attached hydrogens (tertiary/aromatic N) is 4. The van der Waals surface area contributed by atoms with E-state index in [0.29, 0.717) is 5.11 Å². The van der Waals surface area contributed by atoms with Crippen molar-refractivity contribution < 1.29 is 4.39 Å². The second kappa shape index (κ2) is 11.4. The molecule has 0 aliphatic carbocycles. The van der Waals surface area contributed by atoms with Gasteiger partial charge in [0.1, 0.15) is 11.6 Å². The molecule has 2 aliphatic rings. The lowest BCUT2D eigenvalue weighted by Gasteiger charge is -2.36. The van der Waals surface area contributed by atoms with Gasteiger partial charge < -0.3 is 20.4 Å². The third kappa shape index (κ3) is 6.05. The van der Waals surface area contributed by atoms with Crippen molar-refractivity contribution in [2.24, 2.45) is 0 Å². The van der Waals surface area contributed by atoms with Gasteiger partial charge in [-0.15, -0.1) is 0 Å². The van der Waals surface area contributed by atoms with Gasteiger partial charge in [-0.05, 0) is 99.0 Å². The number of hydrogen-bond acceptors (Lipinski definition) is 5. The van der Waals surface area contributed by atoms with E-state index in [1.807, 2.05) is 12.1 Å². The van der Waals surface area contributed by atoms with Crippen molar-refractivity contribution >= 4 is 45.4 Å². The van der Waals surface area contributed by atoms with Gasteiger partial charge in [-0.3, -0.25) is 4.90 Å². The minimum absolute atomic E-state index is 0.184. The first kappa shape index (κ1) is 24.7. The van der Waals surface area contributed by atoms with Crippen LogP contribution < -0.4 is 20.4 Å². The zero-order chi connectivity index (χ0) is 24.9. The van der Waals surface area contributed by atoms with Crippen molar-refractivity contribution in [1.29, 1.82) is 0 Å². The quantitative estimate of drug-likeness (QED) is 0.353. The molecule has 2 fully saturated rings. The summed E-state index contributed by atoms with van der Waals surface area (Å²) in [5.41, 5.74) is 4.35. The molecular weight excluding hydrogens is 471 g/mol. The van der Waals surface area contributed by atoms with E-state index in [9.17, 15) is 4.39 Å². The summed E-state index contributed by atoms with van der Waals surface area (Å²) in [6, 6.07) is 15.3. The van der Waals surface area contributed by atoms with Gasteiger partial charge in [-0.25, -0.2) is 9.37 Å². The lowest BCUT2D eigenvalue weighted by atomic mass is 10.1. The molecule has 5 rings (SSSR count). The van der Waals surface area contributed by atoms with E-state index in [4.69, 9.17) is 17.2 Å². The number of benzene rings is 2. The maximum Gasteiger partial charge on any atom is 0.170 e. The fraction of sp³-hybridized carbons (Fsp3) is 0.429. The Morgan fingerprint density at radius 3 is 2.44 bits per heavy atom. The molecule has 0 saturated carbocycles.